The van der Waals surface area contributed by atoms with Gasteiger partial charge in [0.1, 0.15) is 17.1 Å². The van der Waals surface area contributed by atoms with E-state index in [0.717, 1.165) is 35.9 Å². The summed E-state index contributed by atoms with van der Waals surface area (Å²) < 4.78 is 3.82. The molecule has 4 aliphatic rings. The molecule has 0 spiro atoms. The van der Waals surface area contributed by atoms with Crippen molar-refractivity contribution in [3.63, 3.8) is 0 Å². The van der Waals surface area contributed by atoms with Gasteiger partial charge in [-0.15, -0.1) is 11.8 Å². The first-order chi connectivity index (χ1) is 18.8. The van der Waals surface area contributed by atoms with Crippen LogP contribution in [-0.2, 0) is 19.2 Å². The molecule has 1 unspecified atom stereocenters. The summed E-state index contributed by atoms with van der Waals surface area (Å²) in [5, 5.41) is 30.7. The molecule has 17 heteroatoms. The Morgan fingerprint density at radius 1 is 1.33 bits per heavy atom. The number of nitrogens with one attached hydrogen (secondary N) is 3. The lowest BCUT2D eigenvalue weighted by Crippen LogP contribution is -2.71. The fraction of sp³-hybridized carbons (Fsp3) is 0.500. The minimum absolute atomic E-state index is 0.0627. The van der Waals surface area contributed by atoms with Gasteiger partial charge in [0.2, 0.25) is 17.4 Å². The molecule has 1 aromatic heterocycles. The van der Waals surface area contributed by atoms with Crippen LogP contribution in [0.15, 0.2) is 28.1 Å². The normalized spacial score (nSPS) is 26.3. The van der Waals surface area contributed by atoms with Crippen LogP contribution in [0.5, 0.6) is 0 Å². The Labute approximate surface area is 230 Å². The number of hydrogen-bond acceptors (Lipinski definition) is 13. The van der Waals surface area contributed by atoms with Crippen molar-refractivity contribution < 1.29 is 29.5 Å². The van der Waals surface area contributed by atoms with E-state index in [1.165, 1.54) is 11.8 Å². The summed E-state index contributed by atoms with van der Waals surface area (Å²) in [6.07, 6.45) is 3.12. The minimum Gasteiger partial charge on any atom is -0.477 e. The van der Waals surface area contributed by atoms with Crippen LogP contribution in [0.1, 0.15) is 18.7 Å². The maximum absolute atomic E-state index is 13.0. The molecule has 4 aliphatic heterocycles. The van der Waals surface area contributed by atoms with Crippen LogP contribution in [-0.4, -0.2) is 115 Å². The van der Waals surface area contributed by atoms with E-state index in [9.17, 15) is 29.5 Å². The standard InChI is InChI=1S/C22H27N9O6S2/c23-22-27-16(29-39-22)13(28-37)17(32)26-14-19(34)31-15(21(35)36)11(9-38-20(14)31)7-10-2-5-30(18(10)33)6-4-25-12-1-3-24-8-12/h7,12,14,20,24-25,37H,1-6,8-9H2,(H,26,32)(H,35,36)(H2,23,27,29)/b10-7+,28-13-/t12?,14-,20-/m1/s1. The third kappa shape index (κ3) is 5.34. The number of carbonyl (C=O) groups excluding carboxylic acids is 3. The van der Waals surface area contributed by atoms with E-state index in [1.807, 2.05) is 0 Å². The Kier molecular flexibility index (Phi) is 7.83. The second-order valence-electron chi connectivity index (χ2n) is 9.30. The monoisotopic (exact) mass is 577 g/mol. The van der Waals surface area contributed by atoms with E-state index in [1.54, 1.807) is 11.0 Å². The Morgan fingerprint density at radius 3 is 2.82 bits per heavy atom. The summed E-state index contributed by atoms with van der Waals surface area (Å²) in [6, 6.07) is -0.647. The molecule has 0 aromatic carbocycles. The van der Waals surface area contributed by atoms with E-state index in [2.05, 4.69) is 30.5 Å². The third-order valence-corrected chi connectivity index (χ3v) is 8.74. The number of aliphatic carboxylic acids is 1. The molecule has 0 aliphatic carbocycles. The molecule has 0 radical (unpaired) electrons. The van der Waals surface area contributed by atoms with Crippen LogP contribution in [0.2, 0.25) is 0 Å². The first-order valence-corrected chi connectivity index (χ1v) is 14.1. The van der Waals surface area contributed by atoms with Gasteiger partial charge in [-0.05, 0) is 31.0 Å². The second kappa shape index (κ2) is 11.3. The number of nitrogens with two attached hydrogens (primary N) is 1. The van der Waals surface area contributed by atoms with Gasteiger partial charge in [-0.2, -0.15) is 9.36 Å². The molecule has 5 rings (SSSR count). The number of thioether (sulfide) groups is 1. The number of carbonyl (C=O) groups is 4. The van der Waals surface area contributed by atoms with Crippen molar-refractivity contribution in [3.8, 4) is 0 Å². The number of nitrogen functional groups attached to an aromatic ring is 1. The lowest BCUT2D eigenvalue weighted by molar-refractivity contribution is -0.150. The molecule has 3 fully saturated rings. The highest BCUT2D eigenvalue weighted by atomic mass is 32.2. The quantitative estimate of drug-likeness (QED) is 0.0627. The molecular weight excluding hydrogens is 550 g/mol. The molecule has 208 valence electrons. The highest BCUT2D eigenvalue weighted by Crippen LogP contribution is 2.41. The number of rotatable bonds is 9. The van der Waals surface area contributed by atoms with Crippen molar-refractivity contribution in [1.82, 2.24) is 35.1 Å². The number of hydrogen-bond donors (Lipinski definition) is 6. The van der Waals surface area contributed by atoms with Crippen LogP contribution in [0.3, 0.4) is 0 Å². The first kappa shape index (κ1) is 27.0. The molecule has 0 bridgehead atoms. The fourth-order valence-electron chi connectivity index (χ4n) is 4.94. The highest BCUT2D eigenvalue weighted by Gasteiger charge is 2.54. The van der Waals surface area contributed by atoms with Crippen molar-refractivity contribution in [2.24, 2.45) is 5.16 Å². The van der Waals surface area contributed by atoms with Crippen molar-refractivity contribution in [1.29, 1.82) is 0 Å². The zero-order chi connectivity index (χ0) is 27.7. The summed E-state index contributed by atoms with van der Waals surface area (Å²) in [5.74, 6) is -2.96. The van der Waals surface area contributed by atoms with Crippen LogP contribution in [0.4, 0.5) is 5.13 Å². The number of fused-ring (bicyclic) bond motifs is 1. The SMILES string of the molecule is Nc1nc(/C(=N/O)C(=O)N[C@@H]2C(=O)N3C(C(=O)O)=C(/C=C4\CCN(CCNC5CCNC5)C4=O)CS[C@H]23)ns1. The predicted molar refractivity (Wildman–Crippen MR) is 141 cm³/mol. The van der Waals surface area contributed by atoms with E-state index < -0.39 is 34.9 Å². The zero-order valence-corrected chi connectivity index (χ0v) is 22.3. The van der Waals surface area contributed by atoms with Crippen molar-refractivity contribution in [2.75, 3.05) is 44.2 Å². The van der Waals surface area contributed by atoms with Crippen LogP contribution < -0.4 is 21.7 Å². The van der Waals surface area contributed by atoms with Gasteiger partial charge in [0.25, 0.3) is 11.8 Å². The number of oxime groups is 1. The molecule has 15 nitrogen and oxygen atoms in total. The summed E-state index contributed by atoms with van der Waals surface area (Å²) >= 11 is 2.07. The second-order valence-corrected chi connectivity index (χ2v) is 11.2. The maximum Gasteiger partial charge on any atom is 0.352 e. The number of allylic oxidation sites excluding steroid dienone is 1. The molecule has 39 heavy (non-hydrogen) atoms. The van der Waals surface area contributed by atoms with Gasteiger partial charge < -0.3 is 36.9 Å². The fourth-order valence-corrected chi connectivity index (χ4v) is 6.68. The number of β-lactam (4-membered cyclic amide) rings is 1. The van der Waals surface area contributed by atoms with Crippen LogP contribution >= 0.6 is 23.3 Å². The van der Waals surface area contributed by atoms with E-state index >= 15 is 0 Å². The zero-order valence-electron chi connectivity index (χ0n) is 20.6. The Balaban J connectivity index is 1.25. The van der Waals surface area contributed by atoms with Gasteiger partial charge in [0, 0.05) is 55.1 Å². The maximum atomic E-state index is 13.0. The molecule has 3 saturated heterocycles. The smallest absolute Gasteiger partial charge is 0.352 e. The van der Waals surface area contributed by atoms with Gasteiger partial charge in [-0.1, -0.05) is 5.16 Å². The highest BCUT2D eigenvalue weighted by molar-refractivity contribution is 8.00. The molecule has 3 atom stereocenters. The predicted octanol–water partition coefficient (Wildman–Crippen LogP) is -1.85. The van der Waals surface area contributed by atoms with Gasteiger partial charge in [0.05, 0.1) is 0 Å². The summed E-state index contributed by atoms with van der Waals surface area (Å²) in [5.41, 5.74) is 5.64. The lowest BCUT2D eigenvalue weighted by atomic mass is 10.0. The van der Waals surface area contributed by atoms with Crippen molar-refractivity contribution >= 4 is 57.8 Å². The Bertz CT molecular complexity index is 1290. The van der Waals surface area contributed by atoms with Crippen molar-refractivity contribution in [2.45, 2.75) is 30.3 Å². The molecule has 7 N–H and O–H groups in total. The number of aromatic nitrogens is 2. The Hall–Kier alpha value is -3.54. The van der Waals surface area contributed by atoms with E-state index in [0.29, 0.717) is 43.2 Å². The number of amides is 3. The largest absolute Gasteiger partial charge is 0.477 e. The minimum atomic E-state index is -1.30. The summed E-state index contributed by atoms with van der Waals surface area (Å²) in [4.78, 5) is 57.4. The summed E-state index contributed by atoms with van der Waals surface area (Å²) in [6.45, 7) is 3.68. The number of likely N-dealkylation sites (tertiary alicyclic amines) is 1. The number of carboxylic acids is 1. The number of nitrogens with zero attached hydrogens (tertiary/aromatic N) is 5. The molecule has 5 heterocycles. The third-order valence-electron chi connectivity index (χ3n) is 6.89. The summed E-state index contributed by atoms with van der Waals surface area (Å²) in [7, 11) is 0. The molecule has 3 amide bonds. The van der Waals surface area contributed by atoms with Gasteiger partial charge in [0.15, 0.2) is 5.13 Å². The van der Waals surface area contributed by atoms with Gasteiger partial charge >= 0.3 is 5.97 Å². The average molecular weight is 578 g/mol. The van der Waals surface area contributed by atoms with Gasteiger partial charge in [-0.25, -0.2) is 4.79 Å². The number of carboxylic acid groups (broad SMARTS) is 1. The molecular formula is C22H27N9O6S2. The van der Waals surface area contributed by atoms with Gasteiger partial charge in [-0.3, -0.25) is 19.3 Å². The lowest BCUT2D eigenvalue weighted by Gasteiger charge is -2.49. The van der Waals surface area contributed by atoms with Crippen molar-refractivity contribution in [3.05, 3.63) is 28.7 Å². The average Bonchev–Trinajstić information content (AvgIpc) is 3.66. The first-order valence-electron chi connectivity index (χ1n) is 12.3. The molecule has 1 aromatic rings. The number of anilines is 1. The topological polar surface area (TPSA) is 215 Å². The van der Waals surface area contributed by atoms with E-state index in [-0.39, 0.29) is 28.3 Å². The Morgan fingerprint density at radius 2 is 2.15 bits per heavy atom. The van der Waals surface area contributed by atoms with Crippen LogP contribution in [0, 0.1) is 0 Å². The van der Waals surface area contributed by atoms with Crippen LogP contribution in [0.25, 0.3) is 0 Å². The van der Waals surface area contributed by atoms with E-state index in [4.69, 9.17) is 5.73 Å². The molecule has 0 saturated carbocycles.